The van der Waals surface area contributed by atoms with Gasteiger partial charge in [0.2, 0.25) is 0 Å². The molecule has 168 valence electrons. The fourth-order valence-corrected chi connectivity index (χ4v) is 3.97. The SMILES string of the molecule is CCN(CC)CCOc1ccc2c(c1)C(=O)c1cc(OCC[N+](C)(CC)CC)ccc1-2. The molecule has 0 aromatic heterocycles. The van der Waals surface area contributed by atoms with E-state index < -0.39 is 0 Å². The summed E-state index contributed by atoms with van der Waals surface area (Å²) < 4.78 is 12.9. The molecule has 0 radical (unpaired) electrons. The number of ketones is 1. The number of fused-ring (bicyclic) bond motifs is 3. The molecular weight excluding hydrogens is 388 g/mol. The molecule has 0 saturated carbocycles. The number of rotatable bonds is 12. The number of hydrogen-bond donors (Lipinski definition) is 0. The summed E-state index contributed by atoms with van der Waals surface area (Å²) in [6.07, 6.45) is 0. The first-order chi connectivity index (χ1) is 14.9. The molecule has 0 spiro atoms. The third kappa shape index (κ3) is 5.28. The van der Waals surface area contributed by atoms with Gasteiger partial charge in [0, 0.05) is 17.7 Å². The first-order valence-corrected chi connectivity index (χ1v) is 11.6. The van der Waals surface area contributed by atoms with Gasteiger partial charge < -0.3 is 18.9 Å². The highest BCUT2D eigenvalue weighted by atomic mass is 16.5. The number of carbonyl (C=O) groups is 1. The quantitative estimate of drug-likeness (QED) is 0.401. The minimum absolute atomic E-state index is 0.0485. The van der Waals surface area contributed by atoms with Crippen LogP contribution in [0.3, 0.4) is 0 Å². The second-order valence-corrected chi connectivity index (χ2v) is 8.44. The van der Waals surface area contributed by atoms with E-state index >= 15 is 0 Å². The van der Waals surface area contributed by atoms with Crippen LogP contribution in [0.15, 0.2) is 36.4 Å². The molecule has 0 amide bonds. The van der Waals surface area contributed by atoms with Crippen molar-refractivity contribution in [2.45, 2.75) is 27.7 Å². The van der Waals surface area contributed by atoms with Crippen LogP contribution in [0.4, 0.5) is 0 Å². The Bertz CT molecular complexity index is 902. The lowest BCUT2D eigenvalue weighted by molar-refractivity contribution is -0.906. The number of benzene rings is 2. The van der Waals surface area contributed by atoms with Crippen LogP contribution in [-0.2, 0) is 0 Å². The van der Waals surface area contributed by atoms with Gasteiger partial charge in [0.05, 0.1) is 20.1 Å². The van der Waals surface area contributed by atoms with E-state index in [0.717, 1.165) is 71.9 Å². The third-order valence-corrected chi connectivity index (χ3v) is 6.76. The van der Waals surface area contributed by atoms with Gasteiger partial charge in [0.1, 0.15) is 31.3 Å². The highest BCUT2D eigenvalue weighted by Gasteiger charge is 2.28. The summed E-state index contributed by atoms with van der Waals surface area (Å²) in [5.41, 5.74) is 3.39. The van der Waals surface area contributed by atoms with Gasteiger partial charge in [-0.15, -0.1) is 0 Å². The predicted molar refractivity (Wildman–Crippen MR) is 126 cm³/mol. The zero-order valence-electron chi connectivity index (χ0n) is 19.7. The van der Waals surface area contributed by atoms with Crippen molar-refractivity contribution in [3.8, 4) is 22.6 Å². The zero-order chi connectivity index (χ0) is 22.4. The largest absolute Gasteiger partial charge is 0.492 e. The smallest absolute Gasteiger partial charge is 0.194 e. The Morgan fingerprint density at radius 3 is 1.77 bits per heavy atom. The third-order valence-electron chi connectivity index (χ3n) is 6.76. The number of likely N-dealkylation sites (N-methyl/N-ethyl adjacent to an activating group) is 2. The van der Waals surface area contributed by atoms with Crippen molar-refractivity contribution in [3.05, 3.63) is 47.5 Å². The maximum Gasteiger partial charge on any atom is 0.194 e. The predicted octanol–water partition coefficient (Wildman–Crippen LogP) is 4.48. The number of hydrogen-bond acceptors (Lipinski definition) is 4. The minimum atomic E-state index is 0.0485. The van der Waals surface area contributed by atoms with Gasteiger partial charge in [-0.1, -0.05) is 13.8 Å². The number of quaternary nitrogens is 1. The van der Waals surface area contributed by atoms with Gasteiger partial charge in [-0.2, -0.15) is 0 Å². The first-order valence-electron chi connectivity index (χ1n) is 11.6. The summed E-state index contributed by atoms with van der Waals surface area (Å²) in [7, 11) is 2.24. The lowest BCUT2D eigenvalue weighted by atomic mass is 10.1. The van der Waals surface area contributed by atoms with Gasteiger partial charge in [-0.3, -0.25) is 4.79 Å². The molecule has 2 aromatic rings. The van der Waals surface area contributed by atoms with E-state index in [1.807, 2.05) is 36.4 Å². The topological polar surface area (TPSA) is 38.8 Å². The maximum atomic E-state index is 13.1. The molecule has 0 bridgehead atoms. The second kappa shape index (κ2) is 10.3. The number of ether oxygens (including phenoxy) is 2. The number of nitrogens with zero attached hydrogens (tertiary/aromatic N) is 2. The Morgan fingerprint density at radius 2 is 1.29 bits per heavy atom. The van der Waals surface area contributed by atoms with E-state index in [4.69, 9.17) is 9.47 Å². The lowest BCUT2D eigenvalue weighted by Gasteiger charge is -2.31. The molecule has 0 fully saturated rings. The molecule has 5 heteroatoms. The van der Waals surface area contributed by atoms with Crippen LogP contribution in [0.2, 0.25) is 0 Å². The van der Waals surface area contributed by atoms with E-state index in [1.165, 1.54) is 0 Å². The van der Waals surface area contributed by atoms with Crippen molar-refractivity contribution in [1.29, 1.82) is 0 Å². The van der Waals surface area contributed by atoms with Gasteiger partial charge in [0.15, 0.2) is 5.78 Å². The summed E-state index contributed by atoms with van der Waals surface area (Å²) >= 11 is 0. The summed E-state index contributed by atoms with van der Waals surface area (Å²) in [6, 6.07) is 11.7. The molecule has 31 heavy (non-hydrogen) atoms. The summed E-state index contributed by atoms with van der Waals surface area (Å²) in [5, 5.41) is 0. The molecule has 0 atom stereocenters. The molecule has 1 aliphatic carbocycles. The normalized spacial score (nSPS) is 12.8. The Labute approximate surface area is 187 Å². The van der Waals surface area contributed by atoms with Crippen LogP contribution in [0.1, 0.15) is 43.6 Å². The molecule has 2 aromatic carbocycles. The van der Waals surface area contributed by atoms with Crippen molar-refractivity contribution in [1.82, 2.24) is 4.90 Å². The van der Waals surface area contributed by atoms with E-state index in [9.17, 15) is 4.79 Å². The van der Waals surface area contributed by atoms with Gasteiger partial charge in [0.25, 0.3) is 0 Å². The Kier molecular flexibility index (Phi) is 7.74. The van der Waals surface area contributed by atoms with E-state index in [2.05, 4.69) is 39.6 Å². The van der Waals surface area contributed by atoms with Crippen LogP contribution >= 0.6 is 0 Å². The average molecular weight is 426 g/mol. The zero-order valence-corrected chi connectivity index (χ0v) is 19.7. The minimum Gasteiger partial charge on any atom is -0.492 e. The van der Waals surface area contributed by atoms with Crippen LogP contribution in [0.25, 0.3) is 11.1 Å². The standard InChI is InChI=1S/C26H37N2O3/c1-6-27(7-2)14-16-30-20-10-12-22-23-13-11-21(19-25(23)26(29)24(22)18-20)31-17-15-28(5,8-3)9-4/h10-13,18-19H,6-9,14-17H2,1-5H3/q+1. The molecule has 3 rings (SSSR count). The first kappa shape index (κ1) is 23.3. The Balaban J connectivity index is 1.66. The monoisotopic (exact) mass is 425 g/mol. The maximum absolute atomic E-state index is 13.1. The summed E-state index contributed by atoms with van der Waals surface area (Å²) in [6.45, 7) is 16.0. The van der Waals surface area contributed by atoms with Crippen molar-refractivity contribution in [2.75, 3.05) is 59.5 Å². The van der Waals surface area contributed by atoms with Crippen molar-refractivity contribution < 1.29 is 18.8 Å². The fraction of sp³-hybridized carbons (Fsp3) is 0.500. The van der Waals surface area contributed by atoms with E-state index in [-0.39, 0.29) is 5.78 Å². The Morgan fingerprint density at radius 1 is 0.774 bits per heavy atom. The van der Waals surface area contributed by atoms with Crippen molar-refractivity contribution in [2.24, 2.45) is 0 Å². The molecule has 5 nitrogen and oxygen atoms in total. The van der Waals surface area contributed by atoms with Crippen LogP contribution in [0, 0.1) is 0 Å². The Hall–Kier alpha value is -2.37. The molecule has 0 aliphatic heterocycles. The fourth-order valence-electron chi connectivity index (χ4n) is 3.97. The van der Waals surface area contributed by atoms with E-state index in [0.29, 0.717) is 18.8 Å². The summed E-state index contributed by atoms with van der Waals surface area (Å²) in [5.74, 6) is 1.56. The van der Waals surface area contributed by atoms with Crippen molar-refractivity contribution in [3.63, 3.8) is 0 Å². The van der Waals surface area contributed by atoms with Gasteiger partial charge in [-0.05, 0) is 74.5 Å². The molecule has 0 unspecified atom stereocenters. The van der Waals surface area contributed by atoms with Crippen molar-refractivity contribution >= 4 is 5.78 Å². The highest BCUT2D eigenvalue weighted by Crippen LogP contribution is 2.39. The molecule has 0 saturated heterocycles. The van der Waals surface area contributed by atoms with E-state index in [1.54, 1.807) is 0 Å². The van der Waals surface area contributed by atoms with Crippen LogP contribution < -0.4 is 9.47 Å². The lowest BCUT2D eigenvalue weighted by Crippen LogP contribution is -2.46. The number of carbonyl (C=O) groups excluding carboxylic acids is 1. The van der Waals surface area contributed by atoms with Crippen LogP contribution in [-0.4, -0.2) is 74.7 Å². The summed E-state index contributed by atoms with van der Waals surface area (Å²) in [4.78, 5) is 15.4. The second-order valence-electron chi connectivity index (χ2n) is 8.44. The molecule has 1 aliphatic rings. The molecular formula is C26H37N2O3+. The average Bonchev–Trinajstić information content (AvgIpc) is 3.07. The van der Waals surface area contributed by atoms with Gasteiger partial charge >= 0.3 is 0 Å². The molecule has 0 heterocycles. The van der Waals surface area contributed by atoms with Gasteiger partial charge in [-0.25, -0.2) is 0 Å². The molecule has 0 N–H and O–H groups in total. The highest BCUT2D eigenvalue weighted by molar-refractivity contribution is 6.22. The van der Waals surface area contributed by atoms with Crippen LogP contribution in [0.5, 0.6) is 11.5 Å².